The minimum atomic E-state index is -1.08. The van der Waals surface area contributed by atoms with Crippen LogP contribution in [0.5, 0.6) is 17.2 Å². The quantitative estimate of drug-likeness (QED) is 0.277. The molecule has 1 atom stereocenters. The Kier molecular flexibility index (Phi) is 6.86. The number of nitriles is 1. The number of carbonyl (C=O) groups is 2. The number of hydrogen-bond donors (Lipinski definition) is 2. The molecule has 0 bridgehead atoms. The molecule has 8 nitrogen and oxygen atoms in total. The molecule has 0 spiro atoms. The van der Waals surface area contributed by atoms with Gasteiger partial charge >= 0.3 is 0 Å². The summed E-state index contributed by atoms with van der Waals surface area (Å²) in [4.78, 5) is 27.9. The molecule has 0 aromatic heterocycles. The Morgan fingerprint density at radius 1 is 1.11 bits per heavy atom. The number of ether oxygens (including phenoxy) is 2. The van der Waals surface area contributed by atoms with Crippen LogP contribution < -0.4 is 14.4 Å². The number of nitrogens with zero attached hydrogens (tertiary/aromatic N) is 2. The third-order valence-corrected chi connectivity index (χ3v) is 6.08. The van der Waals surface area contributed by atoms with Crippen LogP contribution in [0, 0.1) is 11.3 Å². The van der Waals surface area contributed by atoms with Crippen LogP contribution in [0.25, 0.3) is 5.76 Å². The molecule has 1 amide bonds. The summed E-state index contributed by atoms with van der Waals surface area (Å²) in [5.74, 6) is -1.86. The van der Waals surface area contributed by atoms with E-state index in [0.717, 1.165) is 0 Å². The number of phenols is 1. The van der Waals surface area contributed by atoms with E-state index >= 15 is 0 Å². The maximum absolute atomic E-state index is 13.3. The van der Waals surface area contributed by atoms with Gasteiger partial charge in [-0.25, -0.2) is 0 Å². The zero-order chi connectivity index (χ0) is 26.0. The van der Waals surface area contributed by atoms with Crippen molar-refractivity contribution in [1.82, 2.24) is 0 Å². The number of Topliss-reactive ketones (excluding diaryl/α,β-unsaturated/α-hetero) is 1. The van der Waals surface area contributed by atoms with Crippen LogP contribution in [0.4, 0.5) is 5.69 Å². The number of carbonyl (C=O) groups excluding carboxylic acids is 2. The first kappa shape index (κ1) is 24.6. The highest BCUT2D eigenvalue weighted by Crippen LogP contribution is 2.45. The van der Waals surface area contributed by atoms with Crippen molar-refractivity contribution >= 4 is 34.7 Å². The summed E-state index contributed by atoms with van der Waals surface area (Å²) in [6, 6.07) is 16.0. The van der Waals surface area contributed by atoms with Gasteiger partial charge < -0.3 is 19.7 Å². The topological polar surface area (TPSA) is 120 Å². The molecule has 1 aliphatic rings. The summed E-state index contributed by atoms with van der Waals surface area (Å²) in [5, 5.41) is 30.8. The fourth-order valence-electron chi connectivity index (χ4n) is 4.04. The van der Waals surface area contributed by atoms with Crippen molar-refractivity contribution in [2.24, 2.45) is 0 Å². The monoisotopic (exact) mass is 504 g/mol. The summed E-state index contributed by atoms with van der Waals surface area (Å²) in [7, 11) is 1.45. The minimum absolute atomic E-state index is 0.114. The lowest BCUT2D eigenvalue weighted by Crippen LogP contribution is -2.29. The fraction of sp³-hybridized carbons (Fsp3) is 0.148. The van der Waals surface area contributed by atoms with Crippen LogP contribution in [-0.2, 0) is 9.59 Å². The van der Waals surface area contributed by atoms with E-state index in [4.69, 9.17) is 26.3 Å². The molecular formula is C27H21ClN2O6. The maximum Gasteiger partial charge on any atom is 0.300 e. The van der Waals surface area contributed by atoms with Crippen LogP contribution >= 0.6 is 11.6 Å². The first-order valence-electron chi connectivity index (χ1n) is 10.9. The molecule has 0 aliphatic carbocycles. The number of aliphatic hydroxyl groups excluding tert-OH is 1. The minimum Gasteiger partial charge on any atom is -0.507 e. The number of aliphatic hydroxyl groups is 1. The van der Waals surface area contributed by atoms with E-state index < -0.39 is 23.5 Å². The fourth-order valence-corrected chi connectivity index (χ4v) is 4.25. The average Bonchev–Trinajstić information content (AvgIpc) is 3.15. The molecule has 1 unspecified atom stereocenters. The molecule has 36 heavy (non-hydrogen) atoms. The largest absolute Gasteiger partial charge is 0.507 e. The number of aromatic hydroxyl groups is 1. The summed E-state index contributed by atoms with van der Waals surface area (Å²) < 4.78 is 10.7. The van der Waals surface area contributed by atoms with Gasteiger partial charge in [-0.05, 0) is 67.1 Å². The van der Waals surface area contributed by atoms with E-state index in [2.05, 4.69) is 0 Å². The maximum atomic E-state index is 13.3. The molecule has 3 aromatic carbocycles. The van der Waals surface area contributed by atoms with E-state index in [1.54, 1.807) is 25.1 Å². The molecule has 1 aliphatic heterocycles. The van der Waals surface area contributed by atoms with E-state index in [0.29, 0.717) is 22.6 Å². The van der Waals surface area contributed by atoms with Crippen molar-refractivity contribution in [2.75, 3.05) is 18.6 Å². The summed E-state index contributed by atoms with van der Waals surface area (Å²) in [6.45, 7) is 2.02. The van der Waals surface area contributed by atoms with E-state index in [-0.39, 0.29) is 34.3 Å². The lowest BCUT2D eigenvalue weighted by atomic mass is 9.94. The predicted molar refractivity (Wildman–Crippen MR) is 133 cm³/mol. The molecule has 1 fully saturated rings. The lowest BCUT2D eigenvalue weighted by Gasteiger charge is -2.26. The highest BCUT2D eigenvalue weighted by molar-refractivity contribution is 6.52. The number of phenolic OH excluding ortho intramolecular Hbond substituents is 1. The van der Waals surface area contributed by atoms with Crippen LogP contribution in [0.1, 0.15) is 29.7 Å². The highest BCUT2D eigenvalue weighted by Gasteiger charge is 2.47. The SMILES string of the molecule is CCOc1cc(C2/C(=C(\O)c3cc(OC)ccc3Cl)C(=O)C(=O)N2c2ccc(C#N)cc2)ccc1O. The number of anilines is 1. The van der Waals surface area contributed by atoms with Crippen molar-refractivity contribution in [3.63, 3.8) is 0 Å². The van der Waals surface area contributed by atoms with Gasteiger partial charge in [0.25, 0.3) is 11.7 Å². The standard InChI is InChI=1S/C27H21ClN2O6/c1-3-36-22-12-16(6-11-21(22)31)24-23(25(32)19-13-18(35-2)9-10-20(19)28)26(33)27(34)30(24)17-7-4-15(14-29)5-8-17/h4-13,24,31-32H,3H2,1-2H3/b25-23+. The Bertz CT molecular complexity index is 1430. The van der Waals surface area contributed by atoms with Gasteiger partial charge in [-0.1, -0.05) is 17.7 Å². The Balaban J connectivity index is 1.98. The molecule has 0 radical (unpaired) electrons. The van der Waals surface area contributed by atoms with Crippen molar-refractivity contribution in [3.8, 4) is 23.3 Å². The second-order valence-corrected chi connectivity index (χ2v) is 8.24. The van der Waals surface area contributed by atoms with Crippen LogP contribution in [-0.4, -0.2) is 35.6 Å². The Morgan fingerprint density at radius 2 is 1.83 bits per heavy atom. The molecule has 2 N–H and O–H groups in total. The van der Waals surface area contributed by atoms with Crippen molar-refractivity contribution in [3.05, 3.63) is 87.9 Å². The van der Waals surface area contributed by atoms with Gasteiger partial charge in [0.15, 0.2) is 11.5 Å². The number of amides is 1. The average molecular weight is 505 g/mol. The van der Waals surface area contributed by atoms with Gasteiger partial charge in [-0.3, -0.25) is 14.5 Å². The van der Waals surface area contributed by atoms with Crippen LogP contribution in [0.15, 0.2) is 66.2 Å². The molecule has 9 heteroatoms. The Morgan fingerprint density at radius 3 is 2.47 bits per heavy atom. The third kappa shape index (κ3) is 4.32. The number of benzene rings is 3. The molecule has 182 valence electrons. The van der Waals surface area contributed by atoms with Crippen LogP contribution in [0.3, 0.4) is 0 Å². The number of hydrogen-bond acceptors (Lipinski definition) is 7. The summed E-state index contributed by atoms with van der Waals surface area (Å²) >= 11 is 6.34. The van der Waals surface area contributed by atoms with Crippen molar-refractivity contribution < 1.29 is 29.3 Å². The zero-order valence-corrected chi connectivity index (χ0v) is 20.1. The lowest BCUT2D eigenvalue weighted by molar-refractivity contribution is -0.132. The molecule has 3 aromatic rings. The molecule has 1 saturated heterocycles. The van der Waals surface area contributed by atoms with E-state index in [1.807, 2.05) is 6.07 Å². The van der Waals surface area contributed by atoms with E-state index in [1.165, 1.54) is 54.5 Å². The van der Waals surface area contributed by atoms with E-state index in [9.17, 15) is 19.8 Å². The molecule has 1 heterocycles. The highest BCUT2D eigenvalue weighted by atomic mass is 35.5. The van der Waals surface area contributed by atoms with Gasteiger partial charge in [-0.2, -0.15) is 5.26 Å². The van der Waals surface area contributed by atoms with Gasteiger partial charge in [0.2, 0.25) is 0 Å². The molecular weight excluding hydrogens is 484 g/mol. The van der Waals surface area contributed by atoms with Gasteiger partial charge in [0.1, 0.15) is 11.5 Å². The predicted octanol–water partition coefficient (Wildman–Crippen LogP) is 4.95. The Labute approximate surface area is 212 Å². The van der Waals surface area contributed by atoms with Gasteiger partial charge in [0.05, 0.1) is 42.0 Å². The van der Waals surface area contributed by atoms with Crippen molar-refractivity contribution in [1.29, 1.82) is 5.26 Å². The van der Waals surface area contributed by atoms with Crippen molar-refractivity contribution in [2.45, 2.75) is 13.0 Å². The first-order valence-corrected chi connectivity index (χ1v) is 11.3. The third-order valence-electron chi connectivity index (χ3n) is 5.75. The molecule has 0 saturated carbocycles. The van der Waals surface area contributed by atoms with Gasteiger partial charge in [-0.15, -0.1) is 0 Å². The smallest absolute Gasteiger partial charge is 0.300 e. The second-order valence-electron chi connectivity index (χ2n) is 7.83. The zero-order valence-electron chi connectivity index (χ0n) is 19.4. The summed E-state index contributed by atoms with van der Waals surface area (Å²) in [5.41, 5.74) is 1.02. The number of rotatable bonds is 6. The molecule has 4 rings (SSSR count). The number of ketones is 1. The normalized spacial score (nSPS) is 16.6. The summed E-state index contributed by atoms with van der Waals surface area (Å²) in [6.07, 6.45) is 0. The number of methoxy groups -OCH3 is 1. The van der Waals surface area contributed by atoms with Gasteiger partial charge in [0, 0.05) is 11.3 Å². The first-order chi connectivity index (χ1) is 17.3. The number of halogens is 1. The Hall–Kier alpha value is -4.48. The van der Waals surface area contributed by atoms with Crippen LogP contribution in [0.2, 0.25) is 5.02 Å². The second kappa shape index (κ2) is 10.0.